The molecule has 2 aliphatic rings. The second-order valence-corrected chi connectivity index (χ2v) is 4.97. The van der Waals surface area contributed by atoms with Crippen LogP contribution in [0, 0.1) is 0 Å². The van der Waals surface area contributed by atoms with Crippen molar-refractivity contribution in [1.29, 1.82) is 0 Å². The standard InChI is InChI=1S/C14H17N3O4/c18-9-16-3-5-17(6-4-16)14(19)15-8-11-1-2-12-13(7-11)21-10-20-12/h1-2,7,9H,3-6,8,10H2,(H,15,19). The van der Waals surface area contributed by atoms with Gasteiger partial charge in [0.2, 0.25) is 13.2 Å². The topological polar surface area (TPSA) is 71.1 Å². The quantitative estimate of drug-likeness (QED) is 0.818. The van der Waals surface area contributed by atoms with Crippen molar-refractivity contribution in [3.8, 4) is 11.5 Å². The van der Waals surface area contributed by atoms with Gasteiger partial charge in [0.05, 0.1) is 0 Å². The van der Waals surface area contributed by atoms with E-state index in [1.165, 1.54) is 0 Å². The Bertz CT molecular complexity index is 541. The van der Waals surface area contributed by atoms with Gasteiger partial charge in [-0.2, -0.15) is 0 Å². The van der Waals surface area contributed by atoms with Crippen molar-refractivity contribution >= 4 is 12.4 Å². The van der Waals surface area contributed by atoms with Crippen LogP contribution >= 0.6 is 0 Å². The lowest BCUT2D eigenvalue weighted by molar-refractivity contribution is -0.119. The molecule has 3 amide bonds. The summed E-state index contributed by atoms with van der Waals surface area (Å²) in [4.78, 5) is 26.1. The summed E-state index contributed by atoms with van der Waals surface area (Å²) in [6.45, 7) is 2.97. The number of carbonyl (C=O) groups excluding carboxylic acids is 2. The largest absolute Gasteiger partial charge is 0.454 e. The highest BCUT2D eigenvalue weighted by molar-refractivity contribution is 5.74. The van der Waals surface area contributed by atoms with E-state index in [0.29, 0.717) is 38.5 Å². The Kier molecular flexibility index (Phi) is 3.81. The van der Waals surface area contributed by atoms with Crippen molar-refractivity contribution in [1.82, 2.24) is 15.1 Å². The van der Waals surface area contributed by atoms with Crippen LogP contribution in [0.15, 0.2) is 18.2 Å². The normalized spacial score (nSPS) is 16.8. The molecule has 1 N–H and O–H groups in total. The average Bonchev–Trinajstić information content (AvgIpc) is 3.00. The van der Waals surface area contributed by atoms with E-state index < -0.39 is 0 Å². The van der Waals surface area contributed by atoms with Crippen molar-refractivity contribution in [2.24, 2.45) is 0 Å². The predicted octanol–water partition coefficient (Wildman–Crippen LogP) is 0.399. The summed E-state index contributed by atoms with van der Waals surface area (Å²) in [5.74, 6) is 1.44. The summed E-state index contributed by atoms with van der Waals surface area (Å²) in [5.41, 5.74) is 0.958. The van der Waals surface area contributed by atoms with Gasteiger partial charge in [-0.15, -0.1) is 0 Å². The maximum Gasteiger partial charge on any atom is 0.317 e. The summed E-state index contributed by atoms with van der Waals surface area (Å²) >= 11 is 0. The zero-order valence-electron chi connectivity index (χ0n) is 11.6. The lowest BCUT2D eigenvalue weighted by Gasteiger charge is -2.32. The number of ether oxygens (including phenoxy) is 2. The first-order valence-electron chi connectivity index (χ1n) is 6.87. The number of rotatable bonds is 3. The van der Waals surface area contributed by atoms with Gasteiger partial charge < -0.3 is 24.6 Å². The third kappa shape index (κ3) is 3.01. The molecule has 3 rings (SSSR count). The molecule has 7 nitrogen and oxygen atoms in total. The van der Waals surface area contributed by atoms with Gasteiger partial charge in [-0.3, -0.25) is 4.79 Å². The van der Waals surface area contributed by atoms with E-state index in [1.54, 1.807) is 9.80 Å². The van der Waals surface area contributed by atoms with Crippen LogP contribution in [0.1, 0.15) is 5.56 Å². The van der Waals surface area contributed by atoms with Gasteiger partial charge in [0.25, 0.3) is 0 Å². The molecule has 21 heavy (non-hydrogen) atoms. The predicted molar refractivity (Wildman–Crippen MR) is 74.0 cm³/mol. The lowest BCUT2D eigenvalue weighted by atomic mass is 10.2. The van der Waals surface area contributed by atoms with Crippen molar-refractivity contribution < 1.29 is 19.1 Å². The molecule has 0 aromatic heterocycles. The second kappa shape index (κ2) is 5.90. The maximum absolute atomic E-state index is 12.1. The number of hydrogen-bond donors (Lipinski definition) is 1. The van der Waals surface area contributed by atoms with E-state index in [4.69, 9.17) is 9.47 Å². The molecular formula is C14H17N3O4. The molecule has 0 spiro atoms. The first-order valence-corrected chi connectivity index (χ1v) is 6.87. The van der Waals surface area contributed by atoms with E-state index in [9.17, 15) is 9.59 Å². The van der Waals surface area contributed by atoms with Gasteiger partial charge in [-0.05, 0) is 17.7 Å². The number of hydrogen-bond acceptors (Lipinski definition) is 4. The van der Waals surface area contributed by atoms with Crippen molar-refractivity contribution in [2.75, 3.05) is 33.0 Å². The van der Waals surface area contributed by atoms with E-state index in [0.717, 1.165) is 17.7 Å². The van der Waals surface area contributed by atoms with Crippen LogP contribution < -0.4 is 14.8 Å². The molecule has 0 bridgehead atoms. The number of urea groups is 1. The third-order valence-corrected chi connectivity index (χ3v) is 3.63. The first kappa shape index (κ1) is 13.5. The Morgan fingerprint density at radius 2 is 1.95 bits per heavy atom. The van der Waals surface area contributed by atoms with E-state index >= 15 is 0 Å². The summed E-state index contributed by atoms with van der Waals surface area (Å²) in [6, 6.07) is 5.50. The Balaban J connectivity index is 1.51. The fourth-order valence-corrected chi connectivity index (χ4v) is 2.37. The highest BCUT2D eigenvalue weighted by Gasteiger charge is 2.20. The minimum absolute atomic E-state index is 0.113. The van der Waals surface area contributed by atoms with E-state index in [-0.39, 0.29) is 12.8 Å². The molecule has 7 heteroatoms. The van der Waals surface area contributed by atoms with Gasteiger partial charge >= 0.3 is 6.03 Å². The summed E-state index contributed by atoms with van der Waals surface area (Å²) in [5, 5.41) is 2.88. The van der Waals surface area contributed by atoms with Gasteiger partial charge in [-0.1, -0.05) is 6.07 Å². The Hall–Kier alpha value is -2.44. The molecule has 0 aliphatic carbocycles. The molecule has 1 aromatic rings. The van der Waals surface area contributed by atoms with Crippen LogP contribution in [0.5, 0.6) is 11.5 Å². The van der Waals surface area contributed by atoms with Crippen molar-refractivity contribution in [3.05, 3.63) is 23.8 Å². The number of nitrogens with one attached hydrogen (secondary N) is 1. The number of benzene rings is 1. The molecule has 0 atom stereocenters. The number of fused-ring (bicyclic) bond motifs is 1. The van der Waals surface area contributed by atoms with E-state index in [1.807, 2.05) is 18.2 Å². The SMILES string of the molecule is O=CN1CCN(C(=O)NCc2ccc3c(c2)OCO3)CC1. The van der Waals surface area contributed by atoms with Crippen LogP contribution in [0.2, 0.25) is 0 Å². The molecule has 0 radical (unpaired) electrons. The highest BCUT2D eigenvalue weighted by Crippen LogP contribution is 2.32. The van der Waals surface area contributed by atoms with Crippen molar-refractivity contribution in [3.63, 3.8) is 0 Å². The van der Waals surface area contributed by atoms with Crippen LogP contribution in [0.25, 0.3) is 0 Å². The number of nitrogens with zero attached hydrogens (tertiary/aromatic N) is 2. The maximum atomic E-state index is 12.1. The van der Waals surface area contributed by atoms with Crippen molar-refractivity contribution in [2.45, 2.75) is 6.54 Å². The lowest BCUT2D eigenvalue weighted by Crippen LogP contribution is -2.51. The average molecular weight is 291 g/mol. The smallest absolute Gasteiger partial charge is 0.317 e. The molecule has 1 aromatic carbocycles. The van der Waals surface area contributed by atoms with Crippen LogP contribution in [0.4, 0.5) is 4.79 Å². The minimum Gasteiger partial charge on any atom is -0.454 e. The number of amides is 3. The zero-order valence-corrected chi connectivity index (χ0v) is 11.6. The van der Waals surface area contributed by atoms with Crippen LogP contribution in [-0.2, 0) is 11.3 Å². The van der Waals surface area contributed by atoms with Gasteiger partial charge in [-0.25, -0.2) is 4.79 Å². The minimum atomic E-state index is -0.113. The molecule has 0 saturated carbocycles. The molecule has 1 saturated heterocycles. The van der Waals surface area contributed by atoms with Gasteiger partial charge in [0, 0.05) is 32.7 Å². The summed E-state index contributed by atoms with van der Waals surface area (Å²) in [7, 11) is 0. The molecule has 2 aliphatic heterocycles. The monoisotopic (exact) mass is 291 g/mol. The molecule has 1 fully saturated rings. The number of carbonyl (C=O) groups is 2. The first-order chi connectivity index (χ1) is 10.3. The van der Waals surface area contributed by atoms with Gasteiger partial charge in [0.1, 0.15) is 0 Å². The molecule has 2 heterocycles. The summed E-state index contributed by atoms with van der Waals surface area (Å²) < 4.78 is 10.5. The van der Waals surface area contributed by atoms with Gasteiger partial charge in [0.15, 0.2) is 11.5 Å². The summed E-state index contributed by atoms with van der Waals surface area (Å²) in [6.07, 6.45) is 0.821. The zero-order chi connectivity index (χ0) is 14.7. The van der Waals surface area contributed by atoms with Crippen LogP contribution in [-0.4, -0.2) is 55.2 Å². The molecular weight excluding hydrogens is 274 g/mol. The molecule has 0 unspecified atom stereocenters. The highest BCUT2D eigenvalue weighted by atomic mass is 16.7. The Morgan fingerprint density at radius 3 is 2.71 bits per heavy atom. The Labute approximate surface area is 122 Å². The number of piperazine rings is 1. The second-order valence-electron chi connectivity index (χ2n) is 4.97. The van der Waals surface area contributed by atoms with Crippen LogP contribution in [0.3, 0.4) is 0 Å². The third-order valence-electron chi connectivity index (χ3n) is 3.63. The fraction of sp³-hybridized carbons (Fsp3) is 0.429. The fourth-order valence-electron chi connectivity index (χ4n) is 2.37. The van der Waals surface area contributed by atoms with E-state index in [2.05, 4.69) is 5.32 Å². The Morgan fingerprint density at radius 1 is 1.19 bits per heavy atom. The molecule has 112 valence electrons.